The summed E-state index contributed by atoms with van der Waals surface area (Å²) >= 11 is 0. The number of carbonyl (C=O) groups excluding carboxylic acids is 1. The molecule has 110 valence electrons. The largest absolute Gasteiger partial charge is 0.480 e. The first kappa shape index (κ1) is 14.8. The van der Waals surface area contributed by atoms with Gasteiger partial charge >= 0.3 is 5.97 Å². The van der Waals surface area contributed by atoms with Crippen molar-refractivity contribution in [3.8, 4) is 11.3 Å². The molecular formula is C16H18N2O3. The summed E-state index contributed by atoms with van der Waals surface area (Å²) in [6.45, 7) is 1.45. The normalized spacial score (nSPS) is 11.9. The first-order valence-electron chi connectivity index (χ1n) is 6.82. The maximum atomic E-state index is 11.6. The number of aryl methyl sites for hydroxylation is 1. The van der Waals surface area contributed by atoms with Crippen molar-refractivity contribution in [1.82, 2.24) is 10.3 Å². The molecule has 5 nitrogen and oxygen atoms in total. The molecule has 0 saturated heterocycles. The number of hydrogen-bond acceptors (Lipinski definition) is 2. The Hall–Kier alpha value is -2.56. The molecule has 0 aliphatic carbocycles. The van der Waals surface area contributed by atoms with E-state index in [4.69, 9.17) is 5.11 Å². The SMILES string of the molecule is C[C@H](NC(=O)CCc1ccc(-c2ccccc2)[nH]1)C(=O)O. The fourth-order valence-corrected chi connectivity index (χ4v) is 2.00. The van der Waals surface area contributed by atoms with E-state index in [1.807, 2.05) is 42.5 Å². The fraction of sp³-hybridized carbons (Fsp3) is 0.250. The molecule has 2 rings (SSSR count). The van der Waals surface area contributed by atoms with Crippen molar-refractivity contribution in [2.75, 3.05) is 0 Å². The van der Waals surface area contributed by atoms with Gasteiger partial charge in [0.2, 0.25) is 5.91 Å². The van der Waals surface area contributed by atoms with Crippen LogP contribution in [0.2, 0.25) is 0 Å². The molecule has 0 fully saturated rings. The Kier molecular flexibility index (Phi) is 4.77. The highest BCUT2D eigenvalue weighted by molar-refractivity contribution is 5.83. The third-order valence-electron chi connectivity index (χ3n) is 3.20. The zero-order valence-corrected chi connectivity index (χ0v) is 11.8. The highest BCUT2D eigenvalue weighted by Crippen LogP contribution is 2.18. The lowest BCUT2D eigenvalue weighted by atomic mass is 10.2. The van der Waals surface area contributed by atoms with Crippen molar-refractivity contribution in [2.45, 2.75) is 25.8 Å². The van der Waals surface area contributed by atoms with Crippen molar-refractivity contribution >= 4 is 11.9 Å². The summed E-state index contributed by atoms with van der Waals surface area (Å²) in [4.78, 5) is 25.5. The van der Waals surface area contributed by atoms with Crippen LogP contribution < -0.4 is 5.32 Å². The van der Waals surface area contributed by atoms with Crippen molar-refractivity contribution < 1.29 is 14.7 Å². The Labute approximate surface area is 123 Å². The number of rotatable bonds is 6. The van der Waals surface area contributed by atoms with Crippen LogP contribution in [0.15, 0.2) is 42.5 Å². The predicted molar refractivity (Wildman–Crippen MR) is 79.8 cm³/mol. The van der Waals surface area contributed by atoms with Crippen LogP contribution in [0, 0.1) is 0 Å². The summed E-state index contributed by atoms with van der Waals surface area (Å²) in [5, 5.41) is 11.2. The van der Waals surface area contributed by atoms with E-state index in [9.17, 15) is 9.59 Å². The molecule has 3 N–H and O–H groups in total. The van der Waals surface area contributed by atoms with Crippen LogP contribution in [0.3, 0.4) is 0 Å². The molecule has 0 aliphatic rings. The number of amides is 1. The number of aliphatic carboxylic acids is 1. The molecule has 1 amide bonds. The Bertz CT molecular complexity index is 619. The van der Waals surface area contributed by atoms with Gasteiger partial charge in [-0.25, -0.2) is 0 Å². The van der Waals surface area contributed by atoms with E-state index in [-0.39, 0.29) is 12.3 Å². The number of carboxylic acid groups (broad SMARTS) is 1. The number of benzene rings is 1. The molecule has 0 saturated carbocycles. The smallest absolute Gasteiger partial charge is 0.325 e. The van der Waals surface area contributed by atoms with Crippen LogP contribution in [0.1, 0.15) is 19.0 Å². The van der Waals surface area contributed by atoms with E-state index in [0.29, 0.717) is 6.42 Å². The lowest BCUT2D eigenvalue weighted by Crippen LogP contribution is -2.38. The quantitative estimate of drug-likeness (QED) is 0.761. The third kappa shape index (κ3) is 4.21. The topological polar surface area (TPSA) is 82.2 Å². The molecule has 0 aliphatic heterocycles. The number of carboxylic acids is 1. The number of aromatic amines is 1. The van der Waals surface area contributed by atoms with Crippen molar-refractivity contribution in [1.29, 1.82) is 0 Å². The van der Waals surface area contributed by atoms with Gasteiger partial charge in [-0.1, -0.05) is 30.3 Å². The van der Waals surface area contributed by atoms with Crippen LogP contribution in [0.5, 0.6) is 0 Å². The lowest BCUT2D eigenvalue weighted by Gasteiger charge is -2.08. The zero-order valence-electron chi connectivity index (χ0n) is 11.8. The molecule has 21 heavy (non-hydrogen) atoms. The van der Waals surface area contributed by atoms with Gasteiger partial charge in [-0.15, -0.1) is 0 Å². The second-order valence-electron chi connectivity index (χ2n) is 4.89. The van der Waals surface area contributed by atoms with Gasteiger partial charge in [0, 0.05) is 17.8 Å². The van der Waals surface area contributed by atoms with E-state index in [1.54, 1.807) is 0 Å². The minimum absolute atomic E-state index is 0.256. The average Bonchev–Trinajstić information content (AvgIpc) is 2.95. The van der Waals surface area contributed by atoms with E-state index in [2.05, 4.69) is 10.3 Å². The molecular weight excluding hydrogens is 268 g/mol. The molecule has 1 aromatic carbocycles. The van der Waals surface area contributed by atoms with Gasteiger partial charge in [0.25, 0.3) is 0 Å². The van der Waals surface area contributed by atoms with E-state index < -0.39 is 12.0 Å². The van der Waals surface area contributed by atoms with Crippen molar-refractivity contribution in [3.05, 3.63) is 48.2 Å². The summed E-state index contributed by atoms with van der Waals surface area (Å²) in [5.41, 5.74) is 3.05. The molecule has 0 bridgehead atoms. The Morgan fingerprint density at radius 2 is 1.90 bits per heavy atom. The maximum absolute atomic E-state index is 11.6. The predicted octanol–water partition coefficient (Wildman–Crippen LogP) is 2.20. The van der Waals surface area contributed by atoms with Gasteiger partial charge in [0.05, 0.1) is 0 Å². The molecule has 1 aromatic heterocycles. The number of nitrogens with one attached hydrogen (secondary N) is 2. The summed E-state index contributed by atoms with van der Waals surface area (Å²) in [6, 6.07) is 13.0. The standard InChI is InChI=1S/C16H18N2O3/c1-11(16(20)21)17-15(19)10-8-13-7-9-14(18-13)12-5-3-2-4-6-12/h2-7,9,11,18H,8,10H2,1H3,(H,17,19)(H,20,21)/t11-/m0/s1. The molecule has 0 spiro atoms. The number of aromatic nitrogens is 1. The maximum Gasteiger partial charge on any atom is 0.325 e. The lowest BCUT2D eigenvalue weighted by molar-refractivity contribution is -0.141. The van der Waals surface area contributed by atoms with Gasteiger partial charge in [-0.3, -0.25) is 9.59 Å². The fourth-order valence-electron chi connectivity index (χ4n) is 2.00. The van der Waals surface area contributed by atoms with Crippen LogP contribution in [0.25, 0.3) is 11.3 Å². The Morgan fingerprint density at radius 1 is 1.19 bits per heavy atom. The highest BCUT2D eigenvalue weighted by Gasteiger charge is 2.13. The van der Waals surface area contributed by atoms with E-state index in [0.717, 1.165) is 17.0 Å². The molecule has 0 unspecified atom stereocenters. The summed E-state index contributed by atoms with van der Waals surface area (Å²) < 4.78 is 0. The van der Waals surface area contributed by atoms with E-state index in [1.165, 1.54) is 6.92 Å². The van der Waals surface area contributed by atoms with Crippen LogP contribution in [-0.2, 0) is 16.0 Å². The molecule has 1 atom stereocenters. The van der Waals surface area contributed by atoms with Gasteiger partial charge < -0.3 is 15.4 Å². The van der Waals surface area contributed by atoms with Gasteiger partial charge in [-0.05, 0) is 31.0 Å². The summed E-state index contributed by atoms with van der Waals surface area (Å²) in [5.74, 6) is -1.30. The number of hydrogen-bond donors (Lipinski definition) is 3. The summed E-state index contributed by atoms with van der Waals surface area (Å²) in [7, 11) is 0. The van der Waals surface area contributed by atoms with Gasteiger partial charge in [0.1, 0.15) is 6.04 Å². The highest BCUT2D eigenvalue weighted by atomic mass is 16.4. The molecule has 2 aromatic rings. The second kappa shape index (κ2) is 6.74. The minimum atomic E-state index is -1.03. The molecule has 0 radical (unpaired) electrons. The van der Waals surface area contributed by atoms with Crippen molar-refractivity contribution in [3.63, 3.8) is 0 Å². The molecule has 1 heterocycles. The monoisotopic (exact) mass is 286 g/mol. The first-order chi connectivity index (χ1) is 10.1. The first-order valence-corrected chi connectivity index (χ1v) is 6.82. The van der Waals surface area contributed by atoms with Gasteiger partial charge in [-0.2, -0.15) is 0 Å². The minimum Gasteiger partial charge on any atom is -0.480 e. The van der Waals surface area contributed by atoms with Crippen LogP contribution in [-0.4, -0.2) is 28.0 Å². The molecule has 5 heteroatoms. The third-order valence-corrected chi connectivity index (χ3v) is 3.20. The Balaban J connectivity index is 1.89. The van der Waals surface area contributed by atoms with E-state index >= 15 is 0 Å². The number of H-pyrrole nitrogens is 1. The van der Waals surface area contributed by atoms with Crippen LogP contribution >= 0.6 is 0 Å². The van der Waals surface area contributed by atoms with Gasteiger partial charge in [0.15, 0.2) is 0 Å². The summed E-state index contributed by atoms with van der Waals surface area (Å²) in [6.07, 6.45) is 0.803. The van der Waals surface area contributed by atoms with Crippen molar-refractivity contribution in [2.24, 2.45) is 0 Å². The van der Waals surface area contributed by atoms with Crippen LogP contribution in [0.4, 0.5) is 0 Å². The number of carbonyl (C=O) groups is 2. The zero-order chi connectivity index (χ0) is 15.2. The average molecular weight is 286 g/mol. The Morgan fingerprint density at radius 3 is 2.57 bits per heavy atom. The second-order valence-corrected chi connectivity index (χ2v) is 4.89.